The minimum atomic E-state index is -0.496. The van der Waals surface area contributed by atoms with Crippen molar-refractivity contribution in [2.24, 2.45) is 11.8 Å². The second-order valence-electron chi connectivity index (χ2n) is 4.83. The number of methoxy groups -OCH3 is 2. The summed E-state index contributed by atoms with van der Waals surface area (Å²) in [4.78, 5) is 25.7. The molecule has 0 bridgehead atoms. The van der Waals surface area contributed by atoms with Crippen molar-refractivity contribution < 1.29 is 23.8 Å². The Bertz CT molecular complexity index is 328. The molecule has 0 aromatic carbocycles. The number of nitrogens with zero attached hydrogens (tertiary/aromatic N) is 1. The van der Waals surface area contributed by atoms with Crippen LogP contribution in [0.4, 0.5) is 0 Å². The maximum Gasteiger partial charge on any atom is 0.311 e. The monoisotopic (exact) mass is 257 g/mol. The third kappa shape index (κ3) is 1.89. The lowest BCUT2D eigenvalue weighted by Gasteiger charge is -2.33. The van der Waals surface area contributed by atoms with E-state index in [1.54, 1.807) is 0 Å². The highest BCUT2D eigenvalue weighted by Gasteiger charge is 2.72. The maximum atomic E-state index is 11.8. The average molecular weight is 257 g/mol. The number of carbonyl (C=O) groups is 2. The first-order chi connectivity index (χ1) is 8.57. The van der Waals surface area contributed by atoms with E-state index in [1.807, 2.05) is 6.92 Å². The van der Waals surface area contributed by atoms with Crippen LogP contribution >= 0.6 is 0 Å². The highest BCUT2D eigenvalue weighted by atomic mass is 16.5. The molecule has 1 aliphatic heterocycles. The van der Waals surface area contributed by atoms with E-state index in [4.69, 9.17) is 14.2 Å². The first-order valence-corrected chi connectivity index (χ1v) is 6.05. The van der Waals surface area contributed by atoms with Gasteiger partial charge in [-0.1, -0.05) is 0 Å². The van der Waals surface area contributed by atoms with Gasteiger partial charge in [-0.3, -0.25) is 14.5 Å². The van der Waals surface area contributed by atoms with Crippen molar-refractivity contribution in [2.75, 3.05) is 40.5 Å². The zero-order valence-electron chi connectivity index (χ0n) is 11.0. The molecule has 1 aliphatic carbocycles. The molecule has 0 aromatic heterocycles. The third-order valence-electron chi connectivity index (χ3n) is 4.09. The summed E-state index contributed by atoms with van der Waals surface area (Å²) in [5.74, 6) is -1.57. The Morgan fingerprint density at radius 1 is 1.11 bits per heavy atom. The zero-order valence-corrected chi connectivity index (χ0v) is 11.0. The van der Waals surface area contributed by atoms with Crippen LogP contribution in [0.1, 0.15) is 6.92 Å². The number of esters is 2. The van der Waals surface area contributed by atoms with Crippen LogP contribution in [0.5, 0.6) is 0 Å². The van der Waals surface area contributed by atoms with Gasteiger partial charge in [-0.15, -0.1) is 0 Å². The summed E-state index contributed by atoms with van der Waals surface area (Å²) in [5, 5.41) is 0. The summed E-state index contributed by atoms with van der Waals surface area (Å²) in [7, 11) is 2.68. The first-order valence-electron chi connectivity index (χ1n) is 6.05. The van der Waals surface area contributed by atoms with Crippen LogP contribution in [0.15, 0.2) is 0 Å². The van der Waals surface area contributed by atoms with Crippen LogP contribution in [0.2, 0.25) is 0 Å². The Hall–Kier alpha value is -1.14. The van der Waals surface area contributed by atoms with E-state index in [0.717, 1.165) is 13.1 Å². The van der Waals surface area contributed by atoms with Crippen molar-refractivity contribution in [3.05, 3.63) is 0 Å². The Balaban J connectivity index is 2.17. The topological polar surface area (TPSA) is 65.1 Å². The smallest absolute Gasteiger partial charge is 0.311 e. The second kappa shape index (κ2) is 4.85. The van der Waals surface area contributed by atoms with Crippen LogP contribution in [0.25, 0.3) is 0 Å². The SMILES string of the molecule is COC(=O)[C@@H]1[C@@H](C(=O)OC)C1(C)N1CCOCC1. The van der Waals surface area contributed by atoms with Crippen LogP contribution in [-0.2, 0) is 23.8 Å². The van der Waals surface area contributed by atoms with Gasteiger partial charge in [0.05, 0.1) is 39.3 Å². The van der Waals surface area contributed by atoms with Gasteiger partial charge < -0.3 is 14.2 Å². The fraction of sp³-hybridized carbons (Fsp3) is 0.833. The minimum absolute atomic E-state index is 0.348. The predicted octanol–water partition coefficient (Wildman–Crippen LogP) is -0.331. The Morgan fingerprint density at radius 2 is 1.56 bits per heavy atom. The van der Waals surface area contributed by atoms with Gasteiger partial charge in [0.2, 0.25) is 0 Å². The Kier molecular flexibility index (Phi) is 3.59. The molecule has 2 atom stereocenters. The van der Waals surface area contributed by atoms with Crippen molar-refractivity contribution in [1.82, 2.24) is 4.90 Å². The number of ether oxygens (including phenoxy) is 3. The van der Waals surface area contributed by atoms with E-state index in [-0.39, 0.29) is 11.9 Å². The lowest BCUT2D eigenvalue weighted by atomic mass is 10.1. The fourth-order valence-corrected chi connectivity index (χ4v) is 2.94. The molecule has 2 aliphatic rings. The van der Waals surface area contributed by atoms with E-state index in [2.05, 4.69) is 4.90 Å². The van der Waals surface area contributed by atoms with Gasteiger partial charge in [-0.2, -0.15) is 0 Å². The summed E-state index contributed by atoms with van der Waals surface area (Å²) in [6.07, 6.45) is 0. The van der Waals surface area contributed by atoms with Gasteiger partial charge >= 0.3 is 11.9 Å². The molecule has 0 amide bonds. The van der Waals surface area contributed by atoms with Crippen molar-refractivity contribution in [1.29, 1.82) is 0 Å². The summed E-state index contributed by atoms with van der Waals surface area (Å²) in [6.45, 7) is 4.60. The molecule has 2 rings (SSSR count). The zero-order chi connectivity index (χ0) is 13.3. The number of rotatable bonds is 3. The summed E-state index contributed by atoms with van der Waals surface area (Å²) in [5.41, 5.74) is -0.496. The van der Waals surface area contributed by atoms with Gasteiger partial charge in [0.25, 0.3) is 0 Å². The molecule has 102 valence electrons. The van der Waals surface area contributed by atoms with Gasteiger partial charge in [0.15, 0.2) is 0 Å². The highest BCUT2D eigenvalue weighted by Crippen LogP contribution is 2.55. The third-order valence-corrected chi connectivity index (χ3v) is 4.09. The lowest BCUT2D eigenvalue weighted by molar-refractivity contribution is -0.148. The molecule has 0 spiro atoms. The van der Waals surface area contributed by atoms with Crippen LogP contribution in [0.3, 0.4) is 0 Å². The maximum absolute atomic E-state index is 11.8. The average Bonchev–Trinajstić information content (AvgIpc) is 3.06. The number of hydrogen-bond acceptors (Lipinski definition) is 6. The second-order valence-corrected chi connectivity index (χ2v) is 4.83. The molecule has 0 aromatic rings. The molecule has 2 fully saturated rings. The minimum Gasteiger partial charge on any atom is -0.469 e. The van der Waals surface area contributed by atoms with Gasteiger partial charge in [0.1, 0.15) is 0 Å². The Morgan fingerprint density at radius 3 is 1.94 bits per heavy atom. The van der Waals surface area contributed by atoms with Gasteiger partial charge in [-0.05, 0) is 6.92 Å². The highest BCUT2D eigenvalue weighted by molar-refractivity contribution is 5.91. The lowest BCUT2D eigenvalue weighted by Crippen LogP contribution is -2.46. The molecule has 0 unspecified atom stereocenters. The largest absolute Gasteiger partial charge is 0.469 e. The van der Waals surface area contributed by atoms with Crippen molar-refractivity contribution in [3.8, 4) is 0 Å². The van der Waals surface area contributed by atoms with Crippen molar-refractivity contribution in [2.45, 2.75) is 12.5 Å². The van der Waals surface area contributed by atoms with Crippen LogP contribution in [0, 0.1) is 11.8 Å². The molecular formula is C12H19NO5. The van der Waals surface area contributed by atoms with E-state index in [9.17, 15) is 9.59 Å². The summed E-state index contributed by atoms with van der Waals surface area (Å²) >= 11 is 0. The van der Waals surface area contributed by atoms with Crippen LogP contribution < -0.4 is 0 Å². The van der Waals surface area contributed by atoms with Crippen molar-refractivity contribution in [3.63, 3.8) is 0 Å². The molecule has 18 heavy (non-hydrogen) atoms. The number of morpholine rings is 1. The van der Waals surface area contributed by atoms with E-state index >= 15 is 0 Å². The molecule has 6 nitrogen and oxygen atoms in total. The van der Waals surface area contributed by atoms with Gasteiger partial charge in [0, 0.05) is 18.6 Å². The molecule has 0 N–H and O–H groups in total. The number of hydrogen-bond donors (Lipinski definition) is 0. The van der Waals surface area contributed by atoms with E-state index in [0.29, 0.717) is 13.2 Å². The molecular weight excluding hydrogens is 238 g/mol. The van der Waals surface area contributed by atoms with E-state index in [1.165, 1.54) is 14.2 Å². The molecule has 0 radical (unpaired) electrons. The summed E-state index contributed by atoms with van der Waals surface area (Å²) < 4.78 is 14.9. The number of carbonyl (C=O) groups excluding carboxylic acids is 2. The van der Waals surface area contributed by atoms with Crippen molar-refractivity contribution >= 4 is 11.9 Å². The first kappa shape index (κ1) is 13.3. The quantitative estimate of drug-likeness (QED) is 0.645. The van der Waals surface area contributed by atoms with Crippen LogP contribution in [-0.4, -0.2) is 62.9 Å². The standard InChI is InChI=1S/C12H19NO5/c1-12(13-4-6-18-7-5-13)8(10(14)16-2)9(12)11(15)17-3/h8-9H,4-7H2,1-3H3/t8-,9-/m0/s1. The predicted molar refractivity (Wildman–Crippen MR) is 61.8 cm³/mol. The normalized spacial score (nSPS) is 35.9. The van der Waals surface area contributed by atoms with Gasteiger partial charge in [-0.25, -0.2) is 0 Å². The molecule has 1 saturated heterocycles. The van der Waals surface area contributed by atoms with E-state index < -0.39 is 17.4 Å². The fourth-order valence-electron chi connectivity index (χ4n) is 2.94. The Labute approximate surface area is 106 Å². The molecule has 1 heterocycles. The molecule has 1 saturated carbocycles. The summed E-state index contributed by atoms with van der Waals surface area (Å²) in [6, 6.07) is 0. The molecule has 6 heteroatoms.